The Balaban J connectivity index is 1.41. The van der Waals surface area contributed by atoms with Gasteiger partial charge in [0.15, 0.2) is 0 Å². The summed E-state index contributed by atoms with van der Waals surface area (Å²) in [6.45, 7) is 2.68. The lowest BCUT2D eigenvalue weighted by Crippen LogP contribution is -1.97. The molecule has 158 valence electrons. The molecule has 0 saturated carbocycles. The zero-order valence-corrected chi connectivity index (χ0v) is 19.8. The highest BCUT2D eigenvalue weighted by Gasteiger charge is 2.17. The summed E-state index contributed by atoms with van der Waals surface area (Å²) >= 11 is 5.21. The summed E-state index contributed by atoms with van der Waals surface area (Å²) in [7, 11) is 0. The predicted octanol–water partition coefficient (Wildman–Crippen LogP) is 7.75. The molecule has 0 fully saturated rings. The number of nitrogens with one attached hydrogen (secondary N) is 1. The zero-order valence-electron chi connectivity index (χ0n) is 17.4. The van der Waals surface area contributed by atoms with Gasteiger partial charge in [-0.2, -0.15) is 0 Å². The number of halogens is 1. The van der Waals surface area contributed by atoms with Crippen molar-refractivity contribution >= 4 is 49.0 Å². The molecule has 0 atom stereocenters. The van der Waals surface area contributed by atoms with E-state index in [0.29, 0.717) is 6.61 Å². The number of thiophene rings is 1. The molecule has 0 amide bonds. The first-order chi connectivity index (χ1) is 15.7. The molecule has 0 aliphatic rings. The minimum Gasteiger partial charge on any atom is -0.489 e. The van der Waals surface area contributed by atoms with Crippen LogP contribution in [0.1, 0.15) is 10.4 Å². The van der Waals surface area contributed by atoms with Crippen molar-refractivity contribution < 1.29 is 4.74 Å². The number of fused-ring (bicyclic) bond motifs is 1. The number of benzene rings is 3. The zero-order chi connectivity index (χ0) is 21.9. The molecule has 0 saturated heterocycles. The second-order valence-corrected chi connectivity index (χ2v) is 9.49. The van der Waals surface area contributed by atoms with E-state index >= 15 is 0 Å². The molecule has 32 heavy (non-hydrogen) atoms. The third kappa shape index (κ3) is 4.38. The van der Waals surface area contributed by atoms with Crippen LogP contribution in [-0.2, 0) is 6.61 Å². The number of hydrogen-bond donors (Lipinski definition) is 1. The largest absolute Gasteiger partial charge is 0.489 e. The number of anilines is 2. The minimum absolute atomic E-state index is 0.547. The van der Waals surface area contributed by atoms with Crippen molar-refractivity contribution in [3.05, 3.63) is 100 Å². The number of rotatable bonds is 6. The van der Waals surface area contributed by atoms with Gasteiger partial charge in [-0.15, -0.1) is 11.3 Å². The Bertz CT molecular complexity index is 1350. The van der Waals surface area contributed by atoms with E-state index in [1.54, 1.807) is 17.7 Å². The van der Waals surface area contributed by atoms with E-state index in [4.69, 9.17) is 4.74 Å². The van der Waals surface area contributed by atoms with Gasteiger partial charge in [-0.1, -0.05) is 58.4 Å². The van der Waals surface area contributed by atoms with Crippen molar-refractivity contribution in [1.29, 1.82) is 0 Å². The smallest absolute Gasteiger partial charge is 0.143 e. The minimum atomic E-state index is 0.547. The molecule has 0 unspecified atom stereocenters. The van der Waals surface area contributed by atoms with Crippen molar-refractivity contribution in [3.63, 3.8) is 0 Å². The van der Waals surface area contributed by atoms with Crippen LogP contribution in [0.25, 0.3) is 21.3 Å². The summed E-state index contributed by atoms with van der Waals surface area (Å²) in [4.78, 5) is 11.3. The van der Waals surface area contributed by atoms with Crippen molar-refractivity contribution in [2.75, 3.05) is 5.32 Å². The Labute approximate surface area is 199 Å². The lowest BCUT2D eigenvalue weighted by molar-refractivity contribution is 0.306. The number of aryl methyl sites for hydroxylation is 1. The third-order valence-corrected chi connectivity index (χ3v) is 6.70. The van der Waals surface area contributed by atoms with E-state index in [0.717, 1.165) is 43.1 Å². The fourth-order valence-electron chi connectivity index (χ4n) is 3.62. The first kappa shape index (κ1) is 20.7. The molecule has 0 bridgehead atoms. The van der Waals surface area contributed by atoms with Gasteiger partial charge < -0.3 is 10.1 Å². The number of aromatic nitrogens is 2. The molecule has 6 heteroatoms. The van der Waals surface area contributed by atoms with E-state index in [2.05, 4.69) is 74.5 Å². The molecule has 2 heterocycles. The fourth-order valence-corrected chi connectivity index (χ4v) is 4.89. The Morgan fingerprint density at radius 1 is 0.906 bits per heavy atom. The lowest BCUT2D eigenvalue weighted by Gasteiger charge is -2.11. The second kappa shape index (κ2) is 9.10. The summed E-state index contributed by atoms with van der Waals surface area (Å²) in [6, 6.07) is 26.5. The van der Waals surface area contributed by atoms with Gasteiger partial charge in [-0.3, -0.25) is 0 Å². The molecule has 1 N–H and O–H groups in total. The highest BCUT2D eigenvalue weighted by molar-refractivity contribution is 9.10. The molecule has 0 radical (unpaired) electrons. The standard InChI is InChI=1S/C26H20BrN3OS/c1-17-23(19-7-9-20(27)10-8-19)24-25(28-16-29-26(24)32-17)30-21-11-13-22(14-12-21)31-15-18-5-3-2-4-6-18/h2-14,16H,15H2,1H3,(H,28,29,30). The summed E-state index contributed by atoms with van der Waals surface area (Å²) < 4.78 is 6.96. The molecule has 0 spiro atoms. The summed E-state index contributed by atoms with van der Waals surface area (Å²) in [6.07, 6.45) is 1.61. The molecule has 4 nitrogen and oxygen atoms in total. The van der Waals surface area contributed by atoms with Crippen LogP contribution < -0.4 is 10.1 Å². The SMILES string of the molecule is Cc1sc2ncnc(Nc3ccc(OCc4ccccc4)cc3)c2c1-c1ccc(Br)cc1. The van der Waals surface area contributed by atoms with E-state index in [9.17, 15) is 0 Å². The van der Waals surface area contributed by atoms with Crippen LogP contribution in [-0.4, -0.2) is 9.97 Å². The first-order valence-electron chi connectivity index (χ1n) is 10.2. The lowest BCUT2D eigenvalue weighted by atomic mass is 10.0. The van der Waals surface area contributed by atoms with Crippen LogP contribution in [0.2, 0.25) is 0 Å². The Morgan fingerprint density at radius 3 is 2.41 bits per heavy atom. The van der Waals surface area contributed by atoms with Gasteiger partial charge in [0.1, 0.15) is 29.3 Å². The van der Waals surface area contributed by atoms with Crippen LogP contribution >= 0.6 is 27.3 Å². The van der Waals surface area contributed by atoms with Gasteiger partial charge >= 0.3 is 0 Å². The molecule has 5 rings (SSSR count). The van der Waals surface area contributed by atoms with Crippen molar-refractivity contribution in [2.24, 2.45) is 0 Å². The topological polar surface area (TPSA) is 47.0 Å². The first-order valence-corrected chi connectivity index (χ1v) is 11.8. The third-order valence-electron chi connectivity index (χ3n) is 5.16. The number of nitrogens with zero attached hydrogens (tertiary/aromatic N) is 2. The maximum absolute atomic E-state index is 5.90. The maximum Gasteiger partial charge on any atom is 0.143 e. The van der Waals surface area contributed by atoms with E-state index < -0.39 is 0 Å². The van der Waals surface area contributed by atoms with E-state index in [1.807, 2.05) is 42.5 Å². The monoisotopic (exact) mass is 501 g/mol. The molecular formula is C26H20BrN3OS. The van der Waals surface area contributed by atoms with Gasteiger partial charge in [0.2, 0.25) is 0 Å². The Kier molecular flexibility index (Phi) is 5.88. The highest BCUT2D eigenvalue weighted by atomic mass is 79.9. The van der Waals surface area contributed by atoms with E-state index in [-0.39, 0.29) is 0 Å². The van der Waals surface area contributed by atoms with Crippen molar-refractivity contribution in [1.82, 2.24) is 9.97 Å². The normalized spacial score (nSPS) is 10.9. The maximum atomic E-state index is 5.90. The van der Waals surface area contributed by atoms with Gasteiger partial charge in [-0.25, -0.2) is 9.97 Å². The van der Waals surface area contributed by atoms with Crippen molar-refractivity contribution in [2.45, 2.75) is 13.5 Å². The van der Waals surface area contributed by atoms with Gasteiger partial charge in [0.05, 0.1) is 5.39 Å². The molecule has 2 aromatic heterocycles. The quantitative estimate of drug-likeness (QED) is 0.258. The van der Waals surface area contributed by atoms with Crippen LogP contribution in [0, 0.1) is 6.92 Å². The molecule has 0 aliphatic heterocycles. The van der Waals surface area contributed by atoms with Gasteiger partial charge in [-0.05, 0) is 54.4 Å². The average Bonchev–Trinajstić information content (AvgIpc) is 3.17. The average molecular weight is 502 g/mol. The molecule has 5 aromatic rings. The number of hydrogen-bond acceptors (Lipinski definition) is 5. The second-order valence-electron chi connectivity index (χ2n) is 7.37. The van der Waals surface area contributed by atoms with Crippen LogP contribution in [0.4, 0.5) is 11.5 Å². The Hall–Kier alpha value is -3.22. The molecule has 3 aromatic carbocycles. The predicted molar refractivity (Wildman–Crippen MR) is 136 cm³/mol. The van der Waals surface area contributed by atoms with Gasteiger partial charge in [0, 0.05) is 20.6 Å². The molecule has 0 aliphatic carbocycles. The fraction of sp³-hybridized carbons (Fsp3) is 0.0769. The van der Waals surface area contributed by atoms with Crippen LogP contribution in [0.15, 0.2) is 89.7 Å². The summed E-state index contributed by atoms with van der Waals surface area (Å²) in [5, 5.41) is 4.52. The van der Waals surface area contributed by atoms with Crippen LogP contribution in [0.5, 0.6) is 5.75 Å². The van der Waals surface area contributed by atoms with Crippen LogP contribution in [0.3, 0.4) is 0 Å². The Morgan fingerprint density at radius 2 is 1.66 bits per heavy atom. The number of ether oxygens (including phenoxy) is 1. The summed E-state index contributed by atoms with van der Waals surface area (Å²) in [5.41, 5.74) is 4.41. The van der Waals surface area contributed by atoms with Gasteiger partial charge in [0.25, 0.3) is 0 Å². The highest BCUT2D eigenvalue weighted by Crippen LogP contribution is 2.41. The summed E-state index contributed by atoms with van der Waals surface area (Å²) in [5.74, 6) is 1.63. The van der Waals surface area contributed by atoms with E-state index in [1.165, 1.54) is 10.4 Å². The van der Waals surface area contributed by atoms with Crippen molar-refractivity contribution in [3.8, 4) is 16.9 Å². The molecular weight excluding hydrogens is 482 g/mol.